The number of benzene rings is 1. The predicted octanol–water partition coefficient (Wildman–Crippen LogP) is 3.01. The zero-order valence-corrected chi connectivity index (χ0v) is 12.0. The zero-order chi connectivity index (χ0) is 13.9. The molecule has 2 heterocycles. The van der Waals surface area contributed by atoms with E-state index < -0.39 is 0 Å². The summed E-state index contributed by atoms with van der Waals surface area (Å²) in [5.41, 5.74) is 2.06. The van der Waals surface area contributed by atoms with E-state index in [2.05, 4.69) is 0 Å². The molecule has 1 aromatic carbocycles. The van der Waals surface area contributed by atoms with Gasteiger partial charge in [0.2, 0.25) is 0 Å². The number of hydrogen-bond acceptors (Lipinski definition) is 3. The third kappa shape index (κ3) is 2.37. The number of carbonyl (C=O) groups is 1. The minimum Gasteiger partial charge on any atom is -0.394 e. The van der Waals surface area contributed by atoms with Crippen LogP contribution in [0.3, 0.4) is 0 Å². The van der Waals surface area contributed by atoms with Gasteiger partial charge in [0, 0.05) is 12.1 Å². The molecule has 1 aliphatic heterocycles. The van der Waals surface area contributed by atoms with Gasteiger partial charge in [-0.2, -0.15) is 0 Å². The van der Waals surface area contributed by atoms with Crippen LogP contribution in [0, 0.1) is 0 Å². The van der Waals surface area contributed by atoms with E-state index in [9.17, 15) is 9.90 Å². The van der Waals surface area contributed by atoms with E-state index in [0.717, 1.165) is 35.4 Å². The van der Waals surface area contributed by atoms with Crippen LogP contribution in [0.25, 0.3) is 11.1 Å². The molecule has 1 saturated heterocycles. The fourth-order valence-corrected chi connectivity index (χ4v) is 3.61. The van der Waals surface area contributed by atoms with Gasteiger partial charge in [0.1, 0.15) is 0 Å². The molecule has 3 rings (SSSR count). The van der Waals surface area contributed by atoms with Crippen molar-refractivity contribution in [1.82, 2.24) is 4.90 Å². The third-order valence-corrected chi connectivity index (χ3v) is 4.70. The lowest BCUT2D eigenvalue weighted by atomic mass is 10.1. The Hall–Kier alpha value is -1.65. The number of nitrogens with zero attached hydrogens (tertiary/aromatic N) is 1. The van der Waals surface area contributed by atoms with E-state index in [0.29, 0.717) is 0 Å². The Kier molecular flexibility index (Phi) is 3.85. The van der Waals surface area contributed by atoms with Crippen molar-refractivity contribution in [1.29, 1.82) is 0 Å². The van der Waals surface area contributed by atoms with Crippen molar-refractivity contribution < 1.29 is 9.90 Å². The minimum absolute atomic E-state index is 0.0202. The molecule has 1 aromatic heterocycles. The standard InChI is InChI=1S/C16H17NO2S/c18-11-13-7-4-9-17(13)16(19)15-14(8-10-20-15)12-5-2-1-3-6-12/h1-3,5-6,8,10,13,18H,4,7,9,11H2/t13-/m0/s1. The molecule has 3 nitrogen and oxygen atoms in total. The number of amides is 1. The van der Waals surface area contributed by atoms with E-state index in [1.165, 1.54) is 11.3 Å². The van der Waals surface area contributed by atoms with Gasteiger partial charge < -0.3 is 10.0 Å². The van der Waals surface area contributed by atoms with Crippen molar-refractivity contribution in [3.8, 4) is 11.1 Å². The Morgan fingerprint density at radius 3 is 2.85 bits per heavy atom. The number of aliphatic hydroxyl groups excluding tert-OH is 1. The number of thiophene rings is 1. The summed E-state index contributed by atoms with van der Waals surface area (Å²) in [5.74, 6) is 0.0513. The molecule has 20 heavy (non-hydrogen) atoms. The smallest absolute Gasteiger partial charge is 0.264 e. The normalized spacial score (nSPS) is 18.4. The first-order valence-corrected chi connectivity index (χ1v) is 7.74. The highest BCUT2D eigenvalue weighted by atomic mass is 32.1. The van der Waals surface area contributed by atoms with Crippen LogP contribution in [0.5, 0.6) is 0 Å². The molecule has 1 aliphatic rings. The Balaban J connectivity index is 1.92. The summed E-state index contributed by atoms with van der Waals surface area (Å²) in [4.78, 5) is 15.3. The predicted molar refractivity (Wildman–Crippen MR) is 80.9 cm³/mol. The van der Waals surface area contributed by atoms with Crippen LogP contribution in [0.1, 0.15) is 22.5 Å². The summed E-state index contributed by atoms with van der Waals surface area (Å²) in [6.45, 7) is 0.800. The fourth-order valence-electron chi connectivity index (χ4n) is 2.74. The number of aliphatic hydroxyl groups is 1. The molecule has 1 N–H and O–H groups in total. The number of rotatable bonds is 3. The van der Waals surface area contributed by atoms with Gasteiger partial charge in [0.15, 0.2) is 0 Å². The summed E-state index contributed by atoms with van der Waals surface area (Å²) in [5, 5.41) is 11.3. The molecule has 104 valence electrons. The molecule has 1 atom stereocenters. The van der Waals surface area contributed by atoms with Crippen LogP contribution < -0.4 is 0 Å². The van der Waals surface area contributed by atoms with Gasteiger partial charge >= 0.3 is 0 Å². The summed E-state index contributed by atoms with van der Waals surface area (Å²) in [6.07, 6.45) is 1.87. The van der Waals surface area contributed by atoms with Crippen molar-refractivity contribution in [3.63, 3.8) is 0 Å². The van der Waals surface area contributed by atoms with Gasteiger partial charge in [0.05, 0.1) is 17.5 Å². The molecule has 0 bridgehead atoms. The van der Waals surface area contributed by atoms with Crippen LogP contribution in [0.4, 0.5) is 0 Å². The van der Waals surface area contributed by atoms with Gasteiger partial charge in [-0.3, -0.25) is 4.79 Å². The lowest BCUT2D eigenvalue weighted by molar-refractivity contribution is 0.0683. The Morgan fingerprint density at radius 2 is 2.10 bits per heavy atom. The molecular weight excluding hydrogens is 270 g/mol. The first-order valence-electron chi connectivity index (χ1n) is 6.86. The van der Waals surface area contributed by atoms with Gasteiger partial charge in [-0.15, -0.1) is 11.3 Å². The highest BCUT2D eigenvalue weighted by Gasteiger charge is 2.30. The second kappa shape index (κ2) is 5.77. The summed E-state index contributed by atoms with van der Waals surface area (Å²) in [7, 11) is 0. The maximum Gasteiger partial charge on any atom is 0.264 e. The van der Waals surface area contributed by atoms with Crippen LogP contribution in [0.2, 0.25) is 0 Å². The van der Waals surface area contributed by atoms with Gasteiger partial charge in [-0.05, 0) is 29.9 Å². The Labute approximate surface area is 122 Å². The molecule has 1 amide bonds. The van der Waals surface area contributed by atoms with E-state index in [-0.39, 0.29) is 18.6 Å². The topological polar surface area (TPSA) is 40.5 Å². The Morgan fingerprint density at radius 1 is 1.30 bits per heavy atom. The maximum atomic E-state index is 12.7. The monoisotopic (exact) mass is 287 g/mol. The largest absolute Gasteiger partial charge is 0.394 e. The van der Waals surface area contributed by atoms with Crippen molar-refractivity contribution in [3.05, 3.63) is 46.7 Å². The van der Waals surface area contributed by atoms with Crippen LogP contribution in [0.15, 0.2) is 41.8 Å². The lowest BCUT2D eigenvalue weighted by Gasteiger charge is -2.23. The Bertz CT molecular complexity index is 594. The molecule has 0 unspecified atom stereocenters. The summed E-state index contributed by atoms with van der Waals surface area (Å²) >= 11 is 1.48. The highest BCUT2D eigenvalue weighted by Crippen LogP contribution is 2.31. The number of hydrogen-bond donors (Lipinski definition) is 1. The van der Waals surface area contributed by atoms with E-state index in [4.69, 9.17) is 0 Å². The number of likely N-dealkylation sites (tertiary alicyclic amines) is 1. The van der Waals surface area contributed by atoms with Crippen LogP contribution in [-0.2, 0) is 0 Å². The number of carbonyl (C=O) groups excluding carboxylic acids is 1. The highest BCUT2D eigenvalue weighted by molar-refractivity contribution is 7.12. The zero-order valence-electron chi connectivity index (χ0n) is 11.2. The maximum absolute atomic E-state index is 12.7. The van der Waals surface area contributed by atoms with Crippen LogP contribution in [-0.4, -0.2) is 35.1 Å². The minimum atomic E-state index is -0.0202. The van der Waals surface area contributed by atoms with E-state index in [1.54, 1.807) is 0 Å². The van der Waals surface area contributed by atoms with Crippen molar-refractivity contribution in [2.24, 2.45) is 0 Å². The van der Waals surface area contributed by atoms with Crippen molar-refractivity contribution in [2.75, 3.05) is 13.2 Å². The quantitative estimate of drug-likeness (QED) is 0.942. The van der Waals surface area contributed by atoms with Gasteiger partial charge in [-0.1, -0.05) is 30.3 Å². The van der Waals surface area contributed by atoms with Crippen LogP contribution >= 0.6 is 11.3 Å². The molecule has 1 fully saturated rings. The molecular formula is C16H17NO2S. The second-order valence-electron chi connectivity index (χ2n) is 5.01. The third-order valence-electron chi connectivity index (χ3n) is 3.79. The van der Waals surface area contributed by atoms with Crippen molar-refractivity contribution >= 4 is 17.2 Å². The second-order valence-corrected chi connectivity index (χ2v) is 5.92. The van der Waals surface area contributed by atoms with E-state index >= 15 is 0 Å². The van der Waals surface area contributed by atoms with Gasteiger partial charge in [-0.25, -0.2) is 0 Å². The fraction of sp³-hybridized carbons (Fsp3) is 0.312. The molecule has 0 spiro atoms. The summed E-state index contributed by atoms with van der Waals surface area (Å²) < 4.78 is 0. The van der Waals surface area contributed by atoms with E-state index in [1.807, 2.05) is 46.7 Å². The van der Waals surface area contributed by atoms with Gasteiger partial charge in [0.25, 0.3) is 5.91 Å². The average molecular weight is 287 g/mol. The molecule has 4 heteroatoms. The molecule has 0 aliphatic carbocycles. The first-order chi connectivity index (χ1) is 9.81. The summed E-state index contributed by atoms with van der Waals surface area (Å²) in [6, 6.07) is 11.9. The SMILES string of the molecule is O=C(c1sccc1-c1ccccc1)N1CCC[C@H]1CO. The molecule has 0 saturated carbocycles. The average Bonchev–Trinajstić information content (AvgIpc) is 3.16. The lowest BCUT2D eigenvalue weighted by Crippen LogP contribution is -2.37. The molecule has 0 radical (unpaired) electrons. The molecule has 2 aromatic rings. The van der Waals surface area contributed by atoms with Crippen molar-refractivity contribution in [2.45, 2.75) is 18.9 Å². The first kappa shape index (κ1) is 13.3.